The number of hydrogen-bond donors (Lipinski definition) is 2. The number of β-lactam (4-membered cyclic amide) rings is 1. The minimum atomic E-state index is -1.01. The minimum Gasteiger partial charge on any atom is -0.480 e. The van der Waals surface area contributed by atoms with Crippen molar-refractivity contribution in [2.75, 3.05) is 0 Å². The van der Waals surface area contributed by atoms with Crippen LogP contribution < -0.4 is 5.32 Å². The number of thioether (sulfide) groups is 1. The number of carboxylic acid groups (broad SMARTS) is 1. The van der Waals surface area contributed by atoms with Crippen LogP contribution in [0.15, 0.2) is 30.3 Å². The maximum Gasteiger partial charge on any atom is 0.327 e. The molecule has 0 spiro atoms. The zero-order valence-corrected chi connectivity index (χ0v) is 13.7. The number of nitrogens with zero attached hydrogens (tertiary/aromatic N) is 1. The van der Waals surface area contributed by atoms with E-state index in [0.717, 1.165) is 5.56 Å². The van der Waals surface area contributed by atoms with Gasteiger partial charge in [0.2, 0.25) is 11.8 Å². The summed E-state index contributed by atoms with van der Waals surface area (Å²) < 4.78 is -0.578. The Morgan fingerprint density at radius 3 is 2.57 bits per heavy atom. The Kier molecular flexibility index (Phi) is 3.83. The lowest BCUT2D eigenvalue weighted by Crippen LogP contribution is -2.70. The Morgan fingerprint density at radius 2 is 1.96 bits per heavy atom. The van der Waals surface area contributed by atoms with Crippen LogP contribution in [-0.2, 0) is 20.8 Å². The molecule has 0 aromatic heterocycles. The standard InChI is InChI=1S/C16H18N2O4S/c1-16(2)12(15(21)22)18-13(20)11(14(18)23-16)17-10(19)8-9-6-4-3-5-7-9/h3-7,11-12,14H,8H2,1-2H3,(H,17,19)(H,21,22)/t11-,12-,14-/m0/s1. The molecule has 2 fully saturated rings. The van der Waals surface area contributed by atoms with Crippen molar-refractivity contribution in [3.63, 3.8) is 0 Å². The second kappa shape index (κ2) is 5.56. The predicted octanol–water partition coefficient (Wildman–Crippen LogP) is 0.861. The smallest absolute Gasteiger partial charge is 0.327 e. The molecule has 3 atom stereocenters. The van der Waals surface area contributed by atoms with Crippen molar-refractivity contribution in [3.8, 4) is 0 Å². The van der Waals surface area contributed by atoms with Gasteiger partial charge in [0.1, 0.15) is 17.5 Å². The first-order chi connectivity index (χ1) is 10.8. The molecule has 2 saturated heterocycles. The lowest BCUT2D eigenvalue weighted by Gasteiger charge is -2.43. The highest BCUT2D eigenvalue weighted by molar-refractivity contribution is 8.01. The third-order valence-corrected chi connectivity index (χ3v) is 5.77. The number of amides is 2. The Hall–Kier alpha value is -2.02. The molecule has 0 aliphatic carbocycles. The lowest BCUT2D eigenvalue weighted by atomic mass is 9.96. The summed E-state index contributed by atoms with van der Waals surface area (Å²) in [5.74, 6) is -1.55. The van der Waals surface area contributed by atoms with Gasteiger partial charge in [-0.3, -0.25) is 9.59 Å². The summed E-state index contributed by atoms with van der Waals surface area (Å²) in [6.07, 6.45) is 0.202. The number of nitrogens with one attached hydrogen (secondary N) is 1. The molecule has 23 heavy (non-hydrogen) atoms. The van der Waals surface area contributed by atoms with Crippen LogP contribution in [0, 0.1) is 0 Å². The van der Waals surface area contributed by atoms with Crippen molar-refractivity contribution < 1.29 is 19.5 Å². The molecule has 0 radical (unpaired) electrons. The van der Waals surface area contributed by atoms with Gasteiger partial charge in [0.05, 0.1) is 6.42 Å². The quantitative estimate of drug-likeness (QED) is 0.798. The van der Waals surface area contributed by atoms with Gasteiger partial charge in [-0.2, -0.15) is 0 Å². The van der Waals surface area contributed by atoms with E-state index < -0.39 is 22.8 Å². The molecule has 7 heteroatoms. The van der Waals surface area contributed by atoms with Gasteiger partial charge in [0, 0.05) is 4.75 Å². The molecule has 1 aromatic carbocycles. The van der Waals surface area contributed by atoms with E-state index in [-0.39, 0.29) is 23.6 Å². The monoisotopic (exact) mass is 334 g/mol. The van der Waals surface area contributed by atoms with Gasteiger partial charge in [0.15, 0.2) is 0 Å². The minimum absolute atomic E-state index is 0.202. The predicted molar refractivity (Wildman–Crippen MR) is 85.8 cm³/mol. The fourth-order valence-electron chi connectivity index (χ4n) is 3.15. The summed E-state index contributed by atoms with van der Waals surface area (Å²) in [6.45, 7) is 3.62. The van der Waals surface area contributed by atoms with E-state index in [0.29, 0.717) is 0 Å². The van der Waals surface area contributed by atoms with Gasteiger partial charge >= 0.3 is 5.97 Å². The second-order valence-corrected chi connectivity index (χ2v) is 8.08. The number of fused-ring (bicyclic) bond motifs is 1. The summed E-state index contributed by atoms with van der Waals surface area (Å²) in [5.41, 5.74) is 0.872. The second-order valence-electron chi connectivity index (χ2n) is 6.31. The van der Waals surface area contributed by atoms with Crippen LogP contribution in [0.5, 0.6) is 0 Å². The molecule has 1 aromatic rings. The first-order valence-corrected chi connectivity index (χ1v) is 8.25. The van der Waals surface area contributed by atoms with Crippen LogP contribution in [0.2, 0.25) is 0 Å². The molecule has 2 heterocycles. The zero-order chi connectivity index (χ0) is 16.8. The van der Waals surface area contributed by atoms with E-state index in [1.807, 2.05) is 44.2 Å². The highest BCUT2D eigenvalue weighted by Gasteiger charge is 2.64. The van der Waals surface area contributed by atoms with Crippen LogP contribution in [0.1, 0.15) is 19.4 Å². The van der Waals surface area contributed by atoms with E-state index in [1.165, 1.54) is 16.7 Å². The summed E-state index contributed by atoms with van der Waals surface area (Å²) >= 11 is 1.42. The Balaban J connectivity index is 1.66. The molecular formula is C16H18N2O4S. The molecule has 0 unspecified atom stereocenters. The topological polar surface area (TPSA) is 86.7 Å². The maximum absolute atomic E-state index is 12.3. The van der Waals surface area contributed by atoms with Crippen molar-refractivity contribution in [2.24, 2.45) is 0 Å². The van der Waals surface area contributed by atoms with E-state index in [2.05, 4.69) is 5.32 Å². The molecule has 2 N–H and O–H groups in total. The van der Waals surface area contributed by atoms with E-state index in [4.69, 9.17) is 0 Å². The largest absolute Gasteiger partial charge is 0.480 e. The fraction of sp³-hybridized carbons (Fsp3) is 0.438. The van der Waals surface area contributed by atoms with Crippen molar-refractivity contribution in [2.45, 2.75) is 42.5 Å². The molecule has 0 bridgehead atoms. The lowest BCUT2D eigenvalue weighted by molar-refractivity contribution is -0.161. The summed E-state index contributed by atoms with van der Waals surface area (Å²) in [5, 5.41) is 11.8. The molecule has 0 saturated carbocycles. The first kappa shape index (κ1) is 15.9. The van der Waals surface area contributed by atoms with Crippen LogP contribution >= 0.6 is 11.8 Å². The van der Waals surface area contributed by atoms with Gasteiger partial charge in [-0.1, -0.05) is 30.3 Å². The highest BCUT2D eigenvalue weighted by Crippen LogP contribution is 2.50. The van der Waals surface area contributed by atoms with Crippen molar-refractivity contribution in [1.82, 2.24) is 10.2 Å². The third-order valence-electron chi connectivity index (χ3n) is 4.20. The Morgan fingerprint density at radius 1 is 1.30 bits per heavy atom. The average Bonchev–Trinajstić information content (AvgIpc) is 2.74. The van der Waals surface area contributed by atoms with Gasteiger partial charge in [-0.05, 0) is 19.4 Å². The number of hydrogen-bond acceptors (Lipinski definition) is 4. The van der Waals surface area contributed by atoms with Crippen LogP contribution in [-0.4, -0.2) is 50.0 Å². The molecule has 2 aliphatic rings. The Labute approximate surface area is 138 Å². The van der Waals surface area contributed by atoms with Crippen LogP contribution in [0.3, 0.4) is 0 Å². The zero-order valence-electron chi connectivity index (χ0n) is 12.9. The number of aliphatic carboxylic acids is 1. The number of rotatable bonds is 4. The van der Waals surface area contributed by atoms with Crippen LogP contribution in [0.25, 0.3) is 0 Å². The van der Waals surface area contributed by atoms with Crippen molar-refractivity contribution in [1.29, 1.82) is 0 Å². The van der Waals surface area contributed by atoms with Crippen molar-refractivity contribution >= 4 is 29.5 Å². The maximum atomic E-state index is 12.3. The molecular weight excluding hydrogens is 316 g/mol. The summed E-state index contributed by atoms with van der Waals surface area (Å²) in [6, 6.07) is 7.78. The highest BCUT2D eigenvalue weighted by atomic mass is 32.2. The van der Waals surface area contributed by atoms with Crippen LogP contribution in [0.4, 0.5) is 0 Å². The summed E-state index contributed by atoms with van der Waals surface area (Å²) in [4.78, 5) is 37.2. The number of carboxylic acids is 1. The average molecular weight is 334 g/mol. The SMILES string of the molecule is CC1(C)S[C@H]2[C@@H](NC(=O)Cc3ccccc3)C(=O)N2[C@H]1C(=O)O. The molecule has 3 rings (SSSR count). The molecule has 6 nitrogen and oxygen atoms in total. The molecule has 2 aliphatic heterocycles. The third kappa shape index (κ3) is 2.69. The summed E-state index contributed by atoms with van der Waals surface area (Å²) in [7, 11) is 0. The number of carbonyl (C=O) groups is 3. The number of carbonyl (C=O) groups excluding carboxylic acids is 2. The number of benzene rings is 1. The first-order valence-electron chi connectivity index (χ1n) is 7.37. The van der Waals surface area contributed by atoms with E-state index in [1.54, 1.807) is 0 Å². The van der Waals surface area contributed by atoms with Gasteiger partial charge < -0.3 is 15.3 Å². The van der Waals surface area contributed by atoms with Gasteiger partial charge in [-0.25, -0.2) is 4.79 Å². The van der Waals surface area contributed by atoms with E-state index >= 15 is 0 Å². The Bertz CT molecular complexity index is 661. The van der Waals surface area contributed by atoms with Crippen molar-refractivity contribution in [3.05, 3.63) is 35.9 Å². The van der Waals surface area contributed by atoms with E-state index in [9.17, 15) is 19.5 Å². The van der Waals surface area contributed by atoms with Gasteiger partial charge in [0.25, 0.3) is 0 Å². The van der Waals surface area contributed by atoms with Gasteiger partial charge in [-0.15, -0.1) is 11.8 Å². The normalized spacial score (nSPS) is 28.0. The molecule has 122 valence electrons. The molecule has 2 amide bonds. The fourth-order valence-corrected chi connectivity index (χ4v) is 4.78.